The minimum absolute atomic E-state index is 0.352. The van der Waals surface area contributed by atoms with Crippen LogP contribution in [-0.2, 0) is 15.7 Å². The maximum absolute atomic E-state index is 12.9. The van der Waals surface area contributed by atoms with Gasteiger partial charge >= 0.3 is 18.1 Å². The lowest BCUT2D eigenvalue weighted by molar-refractivity contribution is -0.137. The molecule has 0 atom stereocenters. The van der Waals surface area contributed by atoms with Crippen LogP contribution >= 0.6 is 0 Å². The van der Waals surface area contributed by atoms with E-state index >= 15 is 0 Å². The predicted octanol–water partition coefficient (Wildman–Crippen LogP) is 2.14. The van der Waals surface area contributed by atoms with E-state index in [0.29, 0.717) is 16.7 Å². The van der Waals surface area contributed by atoms with Gasteiger partial charge in [-0.1, -0.05) is 6.07 Å². The number of alkyl halides is 3. The summed E-state index contributed by atoms with van der Waals surface area (Å²) in [6, 6.07) is 4.12. The normalized spacial score (nSPS) is 11.1. The molecule has 1 heterocycles. The van der Waals surface area contributed by atoms with Crippen LogP contribution in [0.5, 0.6) is 5.75 Å². The van der Waals surface area contributed by atoms with Crippen molar-refractivity contribution in [3.05, 3.63) is 57.5 Å². The monoisotopic (exact) mass is 371 g/mol. The summed E-state index contributed by atoms with van der Waals surface area (Å²) in [5.74, 6) is -3.27. The first-order valence-electron chi connectivity index (χ1n) is 6.95. The molecule has 2 rings (SSSR count). The van der Waals surface area contributed by atoms with Gasteiger partial charge in [0.1, 0.15) is 11.3 Å². The van der Waals surface area contributed by atoms with E-state index in [1.807, 2.05) is 0 Å². The highest BCUT2D eigenvalue weighted by atomic mass is 19.4. The third kappa shape index (κ3) is 3.39. The Balaban J connectivity index is 2.91. The van der Waals surface area contributed by atoms with Gasteiger partial charge in [-0.05, 0) is 18.2 Å². The standard InChI is InChI=1S/C16H12F3NO6/c1-25-14(23)12-10(21)7-11(22)20(13(12)15(24)26-2)9-5-3-4-8(6-9)16(17,18)19/h3-7,21H,1-2H3. The van der Waals surface area contributed by atoms with Gasteiger partial charge in [-0.3, -0.25) is 9.36 Å². The van der Waals surface area contributed by atoms with E-state index in [4.69, 9.17) is 0 Å². The number of aromatic nitrogens is 1. The number of aromatic hydroxyl groups is 1. The second kappa shape index (κ2) is 6.90. The summed E-state index contributed by atoms with van der Waals surface area (Å²) in [6.45, 7) is 0. The summed E-state index contributed by atoms with van der Waals surface area (Å²) in [4.78, 5) is 36.3. The molecule has 26 heavy (non-hydrogen) atoms. The summed E-state index contributed by atoms with van der Waals surface area (Å²) >= 11 is 0. The maximum Gasteiger partial charge on any atom is 0.416 e. The third-order valence-electron chi connectivity index (χ3n) is 3.40. The van der Waals surface area contributed by atoms with Gasteiger partial charge in [0.25, 0.3) is 5.56 Å². The van der Waals surface area contributed by atoms with Crippen molar-refractivity contribution in [2.24, 2.45) is 0 Å². The summed E-state index contributed by atoms with van der Waals surface area (Å²) in [6.07, 6.45) is -4.70. The van der Waals surface area contributed by atoms with Crippen molar-refractivity contribution in [2.75, 3.05) is 14.2 Å². The van der Waals surface area contributed by atoms with Gasteiger partial charge in [-0.15, -0.1) is 0 Å². The van der Waals surface area contributed by atoms with Crippen LogP contribution in [0.4, 0.5) is 13.2 Å². The minimum Gasteiger partial charge on any atom is -0.507 e. The van der Waals surface area contributed by atoms with E-state index in [1.54, 1.807) is 0 Å². The van der Waals surface area contributed by atoms with E-state index in [1.165, 1.54) is 0 Å². The van der Waals surface area contributed by atoms with Crippen molar-refractivity contribution in [1.29, 1.82) is 0 Å². The Morgan fingerprint density at radius 1 is 1.08 bits per heavy atom. The first-order chi connectivity index (χ1) is 12.1. The molecule has 0 bridgehead atoms. The number of hydrogen-bond donors (Lipinski definition) is 1. The average molecular weight is 371 g/mol. The molecule has 2 aromatic rings. The smallest absolute Gasteiger partial charge is 0.416 e. The van der Waals surface area contributed by atoms with Crippen molar-refractivity contribution in [3.63, 3.8) is 0 Å². The zero-order valence-corrected chi connectivity index (χ0v) is 13.5. The number of benzene rings is 1. The lowest BCUT2D eigenvalue weighted by atomic mass is 10.1. The highest BCUT2D eigenvalue weighted by Gasteiger charge is 2.32. The number of methoxy groups -OCH3 is 2. The lowest BCUT2D eigenvalue weighted by Gasteiger charge is -2.16. The molecule has 0 fully saturated rings. The SMILES string of the molecule is COC(=O)c1c(O)cc(=O)n(-c2cccc(C(F)(F)F)c2)c1C(=O)OC. The summed E-state index contributed by atoms with van der Waals surface area (Å²) in [7, 11) is 1.90. The second-order valence-electron chi connectivity index (χ2n) is 4.96. The maximum atomic E-state index is 12.9. The number of esters is 2. The van der Waals surface area contributed by atoms with Crippen molar-refractivity contribution >= 4 is 11.9 Å². The number of halogens is 3. The Morgan fingerprint density at radius 3 is 2.23 bits per heavy atom. The largest absolute Gasteiger partial charge is 0.507 e. The highest BCUT2D eigenvalue weighted by molar-refractivity contribution is 6.04. The van der Waals surface area contributed by atoms with Crippen LogP contribution in [-0.4, -0.2) is 35.8 Å². The summed E-state index contributed by atoms with van der Waals surface area (Å²) in [5, 5.41) is 9.87. The van der Waals surface area contributed by atoms with Gasteiger partial charge in [0.05, 0.1) is 25.5 Å². The Morgan fingerprint density at radius 2 is 1.69 bits per heavy atom. The molecule has 1 aromatic carbocycles. The van der Waals surface area contributed by atoms with Crippen LogP contribution in [0.25, 0.3) is 5.69 Å². The lowest BCUT2D eigenvalue weighted by Crippen LogP contribution is -2.28. The number of nitrogens with zero attached hydrogens (tertiary/aromatic N) is 1. The fraction of sp³-hybridized carbons (Fsp3) is 0.188. The third-order valence-corrected chi connectivity index (χ3v) is 3.40. The Hall–Kier alpha value is -3.30. The molecular formula is C16H12F3NO6. The molecule has 0 unspecified atom stereocenters. The quantitative estimate of drug-likeness (QED) is 0.831. The number of carbonyl (C=O) groups is 2. The Kier molecular flexibility index (Phi) is 5.05. The van der Waals surface area contributed by atoms with Crippen molar-refractivity contribution in [1.82, 2.24) is 4.57 Å². The molecule has 0 amide bonds. The summed E-state index contributed by atoms with van der Waals surface area (Å²) < 4.78 is 48.3. The molecule has 1 aromatic heterocycles. The van der Waals surface area contributed by atoms with Gasteiger partial charge in [0, 0.05) is 6.07 Å². The first-order valence-corrected chi connectivity index (χ1v) is 6.95. The predicted molar refractivity (Wildman–Crippen MR) is 81.4 cm³/mol. The van der Waals surface area contributed by atoms with Crippen LogP contribution in [0.3, 0.4) is 0 Å². The first kappa shape index (κ1) is 19.0. The van der Waals surface area contributed by atoms with Crippen LogP contribution in [0.1, 0.15) is 26.4 Å². The molecular weight excluding hydrogens is 359 g/mol. The molecule has 1 N–H and O–H groups in total. The highest BCUT2D eigenvalue weighted by Crippen LogP contribution is 2.31. The van der Waals surface area contributed by atoms with E-state index in [0.717, 1.165) is 32.4 Å². The number of pyridine rings is 1. The van der Waals surface area contributed by atoms with Gasteiger partial charge in [0.15, 0.2) is 5.69 Å². The molecule has 0 spiro atoms. The molecule has 0 aliphatic heterocycles. The number of carbonyl (C=O) groups excluding carboxylic acids is 2. The van der Waals surface area contributed by atoms with Crippen LogP contribution in [0, 0.1) is 0 Å². The van der Waals surface area contributed by atoms with Gasteiger partial charge in [-0.2, -0.15) is 13.2 Å². The van der Waals surface area contributed by atoms with Crippen LogP contribution < -0.4 is 5.56 Å². The molecule has 0 aliphatic carbocycles. The molecule has 10 heteroatoms. The Bertz CT molecular complexity index is 933. The number of hydrogen-bond acceptors (Lipinski definition) is 6. The van der Waals surface area contributed by atoms with Crippen molar-refractivity contribution in [3.8, 4) is 11.4 Å². The number of rotatable bonds is 3. The minimum atomic E-state index is -4.70. The van der Waals surface area contributed by atoms with Crippen LogP contribution in [0.15, 0.2) is 35.1 Å². The molecule has 138 valence electrons. The topological polar surface area (TPSA) is 94.8 Å². The average Bonchev–Trinajstić information content (AvgIpc) is 2.59. The molecule has 0 saturated heterocycles. The van der Waals surface area contributed by atoms with Crippen molar-refractivity contribution < 1.29 is 37.3 Å². The van der Waals surface area contributed by atoms with Crippen LogP contribution in [0.2, 0.25) is 0 Å². The summed E-state index contributed by atoms with van der Waals surface area (Å²) in [5.41, 5.74) is -3.95. The number of ether oxygens (including phenoxy) is 2. The molecule has 0 saturated carbocycles. The molecule has 0 aliphatic rings. The van der Waals surface area contributed by atoms with Gasteiger partial charge < -0.3 is 14.6 Å². The van der Waals surface area contributed by atoms with Gasteiger partial charge in [-0.25, -0.2) is 9.59 Å². The second-order valence-corrected chi connectivity index (χ2v) is 4.96. The van der Waals surface area contributed by atoms with Gasteiger partial charge in [0.2, 0.25) is 0 Å². The Labute approximate surface area is 144 Å². The van der Waals surface area contributed by atoms with Crippen molar-refractivity contribution in [2.45, 2.75) is 6.18 Å². The molecule has 7 nitrogen and oxygen atoms in total. The van der Waals surface area contributed by atoms with E-state index < -0.39 is 46.2 Å². The van der Waals surface area contributed by atoms with E-state index in [9.17, 15) is 32.7 Å². The fourth-order valence-corrected chi connectivity index (χ4v) is 2.27. The zero-order valence-electron chi connectivity index (χ0n) is 13.5. The zero-order chi connectivity index (χ0) is 19.6. The van der Waals surface area contributed by atoms with E-state index in [-0.39, 0.29) is 5.69 Å². The fourth-order valence-electron chi connectivity index (χ4n) is 2.27. The van der Waals surface area contributed by atoms with E-state index in [2.05, 4.69) is 9.47 Å². The molecule has 0 radical (unpaired) electrons.